The van der Waals surface area contributed by atoms with Crippen molar-refractivity contribution in [3.63, 3.8) is 0 Å². The highest BCUT2D eigenvalue weighted by molar-refractivity contribution is 7.92. The van der Waals surface area contributed by atoms with E-state index in [1.54, 1.807) is 4.90 Å². The molecule has 0 bridgehead atoms. The Balaban J connectivity index is 1.94. The monoisotopic (exact) mass is 308 g/mol. The number of rotatable bonds is 1. The Hall–Kier alpha value is -1.40. The average Bonchev–Trinajstić information content (AvgIpc) is 2.68. The SMILES string of the molecule is O=C(C1CCCCS1(=O)=O)N1CCNCc2ccccc21. The molecular weight excluding hydrogens is 288 g/mol. The van der Waals surface area contributed by atoms with Crippen molar-refractivity contribution in [1.29, 1.82) is 0 Å². The van der Waals surface area contributed by atoms with Crippen LogP contribution in [0, 0.1) is 0 Å². The minimum Gasteiger partial charge on any atom is -0.311 e. The quantitative estimate of drug-likeness (QED) is 0.843. The minimum atomic E-state index is -3.30. The standard InChI is InChI=1S/C15H20N2O3S/c18-15(14-7-3-4-10-21(14,19)20)17-9-8-16-11-12-5-1-2-6-13(12)17/h1-2,5-6,14,16H,3-4,7-11H2. The number of nitrogens with one attached hydrogen (secondary N) is 1. The predicted octanol–water partition coefficient (Wildman–Crippen LogP) is 1.09. The van der Waals surface area contributed by atoms with Crippen molar-refractivity contribution in [3.05, 3.63) is 29.8 Å². The molecule has 2 aliphatic heterocycles. The Labute approximate surface area is 125 Å². The minimum absolute atomic E-state index is 0.136. The lowest BCUT2D eigenvalue weighted by Crippen LogP contribution is -2.46. The second-order valence-electron chi connectivity index (χ2n) is 5.65. The summed E-state index contributed by atoms with van der Waals surface area (Å²) >= 11 is 0. The van der Waals surface area contributed by atoms with E-state index in [-0.39, 0.29) is 11.7 Å². The second-order valence-corrected chi connectivity index (χ2v) is 7.95. The number of anilines is 1. The van der Waals surface area contributed by atoms with Gasteiger partial charge in [-0.15, -0.1) is 0 Å². The lowest BCUT2D eigenvalue weighted by molar-refractivity contribution is -0.118. The van der Waals surface area contributed by atoms with Gasteiger partial charge < -0.3 is 10.2 Å². The first-order chi connectivity index (χ1) is 10.1. The van der Waals surface area contributed by atoms with Crippen LogP contribution in [-0.2, 0) is 21.2 Å². The molecular formula is C15H20N2O3S. The van der Waals surface area contributed by atoms with E-state index in [9.17, 15) is 13.2 Å². The van der Waals surface area contributed by atoms with Crippen LogP contribution in [0.3, 0.4) is 0 Å². The van der Waals surface area contributed by atoms with E-state index in [0.717, 1.165) is 17.7 Å². The fourth-order valence-corrected chi connectivity index (χ4v) is 4.94. The normalized spacial score (nSPS) is 25.0. The number of para-hydroxylation sites is 1. The summed E-state index contributed by atoms with van der Waals surface area (Å²) in [6.45, 7) is 1.90. The van der Waals surface area contributed by atoms with Crippen molar-refractivity contribution in [2.24, 2.45) is 0 Å². The zero-order valence-electron chi connectivity index (χ0n) is 11.9. The van der Waals surface area contributed by atoms with E-state index >= 15 is 0 Å². The molecule has 1 amide bonds. The number of hydrogen-bond acceptors (Lipinski definition) is 4. The van der Waals surface area contributed by atoms with Gasteiger partial charge in [0.05, 0.1) is 5.75 Å². The van der Waals surface area contributed by atoms with Gasteiger partial charge in [0.1, 0.15) is 5.25 Å². The molecule has 1 unspecified atom stereocenters. The number of benzene rings is 1. The van der Waals surface area contributed by atoms with Gasteiger partial charge in [-0.05, 0) is 24.5 Å². The molecule has 1 aromatic rings. The molecule has 1 aromatic carbocycles. The summed E-state index contributed by atoms with van der Waals surface area (Å²) in [4.78, 5) is 14.5. The second kappa shape index (κ2) is 5.77. The lowest BCUT2D eigenvalue weighted by atomic mass is 10.1. The van der Waals surface area contributed by atoms with Gasteiger partial charge >= 0.3 is 0 Å². The van der Waals surface area contributed by atoms with Crippen LogP contribution in [0.15, 0.2) is 24.3 Å². The van der Waals surface area contributed by atoms with Crippen LogP contribution >= 0.6 is 0 Å². The summed E-state index contributed by atoms with van der Waals surface area (Å²) in [6, 6.07) is 7.70. The Bertz CT molecular complexity index is 642. The van der Waals surface area contributed by atoms with Crippen molar-refractivity contribution in [2.45, 2.75) is 31.1 Å². The fraction of sp³-hybridized carbons (Fsp3) is 0.533. The lowest BCUT2D eigenvalue weighted by Gasteiger charge is -2.29. The Morgan fingerprint density at radius 2 is 2.05 bits per heavy atom. The van der Waals surface area contributed by atoms with E-state index in [1.807, 2.05) is 24.3 Å². The highest BCUT2D eigenvalue weighted by Crippen LogP contribution is 2.27. The van der Waals surface area contributed by atoms with Gasteiger partial charge in [-0.2, -0.15) is 0 Å². The van der Waals surface area contributed by atoms with Crippen LogP contribution in [0.4, 0.5) is 5.69 Å². The zero-order chi connectivity index (χ0) is 14.9. The molecule has 6 heteroatoms. The maximum atomic E-state index is 12.8. The van der Waals surface area contributed by atoms with Crippen molar-refractivity contribution in [1.82, 2.24) is 5.32 Å². The summed E-state index contributed by atoms with van der Waals surface area (Å²) in [5, 5.41) is 2.41. The van der Waals surface area contributed by atoms with Gasteiger partial charge in [0.25, 0.3) is 0 Å². The molecule has 21 heavy (non-hydrogen) atoms. The number of carbonyl (C=O) groups excluding carboxylic acids is 1. The number of amides is 1. The van der Waals surface area contributed by atoms with Gasteiger partial charge in [-0.1, -0.05) is 24.6 Å². The van der Waals surface area contributed by atoms with Gasteiger partial charge in [-0.3, -0.25) is 4.79 Å². The van der Waals surface area contributed by atoms with Crippen molar-refractivity contribution < 1.29 is 13.2 Å². The molecule has 1 saturated heterocycles. The van der Waals surface area contributed by atoms with Crippen LogP contribution in [0.2, 0.25) is 0 Å². The van der Waals surface area contributed by atoms with E-state index in [0.29, 0.717) is 32.5 Å². The molecule has 0 aromatic heterocycles. The van der Waals surface area contributed by atoms with Gasteiger partial charge in [0.15, 0.2) is 9.84 Å². The van der Waals surface area contributed by atoms with E-state index < -0.39 is 15.1 Å². The maximum absolute atomic E-state index is 12.8. The highest BCUT2D eigenvalue weighted by atomic mass is 32.2. The topological polar surface area (TPSA) is 66.5 Å². The van der Waals surface area contributed by atoms with Gasteiger partial charge in [-0.25, -0.2) is 8.42 Å². The number of sulfone groups is 1. The molecule has 1 atom stereocenters. The van der Waals surface area contributed by atoms with E-state index in [2.05, 4.69) is 5.32 Å². The average molecular weight is 308 g/mol. The third kappa shape index (κ3) is 2.82. The molecule has 0 radical (unpaired) electrons. The molecule has 2 aliphatic rings. The molecule has 0 spiro atoms. The van der Waals surface area contributed by atoms with Crippen LogP contribution in [0.25, 0.3) is 0 Å². The summed E-state index contributed by atoms with van der Waals surface area (Å²) < 4.78 is 24.4. The van der Waals surface area contributed by atoms with Crippen LogP contribution < -0.4 is 10.2 Å². The first kappa shape index (κ1) is 14.5. The number of hydrogen-bond donors (Lipinski definition) is 1. The molecule has 0 aliphatic carbocycles. The molecule has 1 N–H and O–H groups in total. The van der Waals surface area contributed by atoms with Crippen molar-refractivity contribution in [2.75, 3.05) is 23.7 Å². The molecule has 3 rings (SSSR count). The van der Waals surface area contributed by atoms with Crippen molar-refractivity contribution >= 4 is 21.4 Å². The molecule has 114 valence electrons. The highest BCUT2D eigenvalue weighted by Gasteiger charge is 2.38. The predicted molar refractivity (Wildman–Crippen MR) is 81.9 cm³/mol. The smallest absolute Gasteiger partial charge is 0.245 e. The Kier molecular flexibility index (Phi) is 3.99. The Morgan fingerprint density at radius 3 is 2.86 bits per heavy atom. The molecule has 2 heterocycles. The maximum Gasteiger partial charge on any atom is 0.245 e. The largest absolute Gasteiger partial charge is 0.311 e. The van der Waals surface area contributed by atoms with Crippen LogP contribution in [0.1, 0.15) is 24.8 Å². The van der Waals surface area contributed by atoms with Crippen molar-refractivity contribution in [3.8, 4) is 0 Å². The summed E-state index contributed by atoms with van der Waals surface area (Å²) in [6.07, 6.45) is 1.93. The van der Waals surface area contributed by atoms with Gasteiger partial charge in [0.2, 0.25) is 5.91 Å². The van der Waals surface area contributed by atoms with Crippen LogP contribution in [-0.4, -0.2) is 38.4 Å². The summed E-state index contributed by atoms with van der Waals surface area (Å²) in [5.41, 5.74) is 1.88. The molecule has 5 nitrogen and oxygen atoms in total. The van der Waals surface area contributed by atoms with Gasteiger partial charge in [0, 0.05) is 25.3 Å². The first-order valence-corrected chi connectivity index (χ1v) is 9.13. The summed E-state index contributed by atoms with van der Waals surface area (Å²) in [7, 11) is -3.30. The van der Waals surface area contributed by atoms with E-state index in [4.69, 9.17) is 0 Å². The number of carbonyl (C=O) groups is 1. The molecule has 0 saturated carbocycles. The first-order valence-electron chi connectivity index (χ1n) is 7.41. The number of fused-ring (bicyclic) bond motifs is 1. The van der Waals surface area contributed by atoms with Crippen LogP contribution in [0.5, 0.6) is 0 Å². The fourth-order valence-electron chi connectivity index (χ4n) is 3.09. The summed E-state index contributed by atoms with van der Waals surface area (Å²) in [5.74, 6) is -0.122. The van der Waals surface area contributed by atoms with E-state index in [1.165, 1.54) is 0 Å². The third-order valence-corrected chi connectivity index (χ3v) is 6.39. The number of nitrogens with zero attached hydrogens (tertiary/aromatic N) is 1. The zero-order valence-corrected chi connectivity index (χ0v) is 12.7. The third-order valence-electron chi connectivity index (χ3n) is 4.23. The Morgan fingerprint density at radius 1 is 1.24 bits per heavy atom. The molecule has 1 fully saturated rings.